The molecule has 16 heavy (non-hydrogen) atoms. The molecule has 7 heteroatoms. The number of carbonyl (C=O) groups is 3. The van der Waals surface area contributed by atoms with Gasteiger partial charge in [-0.3, -0.25) is 14.4 Å². The molecule has 0 spiro atoms. The Morgan fingerprint density at radius 3 is 2.25 bits per heavy atom. The number of hydrogen-bond donors (Lipinski definition) is 4. The third-order valence-electron chi connectivity index (χ3n) is 1.96. The van der Waals surface area contributed by atoms with Gasteiger partial charge >= 0.3 is 0 Å². The fraction of sp³-hybridized carbons (Fsp3) is 0.667. The minimum atomic E-state index is -0.836. The van der Waals surface area contributed by atoms with E-state index in [0.29, 0.717) is 6.54 Å². The van der Waals surface area contributed by atoms with Gasteiger partial charge < -0.3 is 22.1 Å². The van der Waals surface area contributed by atoms with Gasteiger partial charge in [-0.25, -0.2) is 0 Å². The number of amides is 3. The highest BCUT2D eigenvalue weighted by molar-refractivity contribution is 5.87. The van der Waals surface area contributed by atoms with E-state index >= 15 is 0 Å². The van der Waals surface area contributed by atoms with Crippen LogP contribution in [0.3, 0.4) is 0 Å². The third kappa shape index (κ3) is 6.77. The van der Waals surface area contributed by atoms with Gasteiger partial charge in [0.15, 0.2) is 0 Å². The normalized spacial score (nSPS) is 11.8. The fourth-order valence-corrected chi connectivity index (χ4v) is 1.08. The zero-order valence-corrected chi connectivity index (χ0v) is 9.29. The largest absolute Gasteiger partial charge is 0.370 e. The first-order valence-electron chi connectivity index (χ1n) is 4.99. The van der Waals surface area contributed by atoms with E-state index in [9.17, 15) is 14.4 Å². The number of hydrogen-bond acceptors (Lipinski definition) is 4. The highest BCUT2D eigenvalue weighted by Gasteiger charge is 2.18. The van der Waals surface area contributed by atoms with Gasteiger partial charge in [0, 0.05) is 19.4 Å². The minimum absolute atomic E-state index is 0.0138. The van der Waals surface area contributed by atoms with Crippen molar-refractivity contribution >= 4 is 17.7 Å². The standard InChI is InChI=1S/C9H18N4O3/c1-12-5-4-8(15)13-6(9(11)16)2-3-7(10)14/h6,12H,2-5H2,1H3,(H2,10,14)(H2,11,16)(H,13,15). The highest BCUT2D eigenvalue weighted by atomic mass is 16.2. The molecule has 6 N–H and O–H groups in total. The molecule has 0 saturated carbocycles. The van der Waals surface area contributed by atoms with Crippen LogP contribution in [0.15, 0.2) is 0 Å². The molecular formula is C9H18N4O3. The monoisotopic (exact) mass is 230 g/mol. The van der Waals surface area contributed by atoms with Gasteiger partial charge in [-0.1, -0.05) is 0 Å². The molecule has 0 aliphatic heterocycles. The molecule has 0 aromatic carbocycles. The molecule has 92 valence electrons. The molecule has 0 heterocycles. The number of rotatable bonds is 8. The maximum absolute atomic E-state index is 11.3. The number of nitrogens with one attached hydrogen (secondary N) is 2. The van der Waals surface area contributed by atoms with Crippen molar-refractivity contribution in [2.45, 2.75) is 25.3 Å². The third-order valence-corrected chi connectivity index (χ3v) is 1.96. The van der Waals surface area contributed by atoms with E-state index in [1.807, 2.05) is 0 Å². The summed E-state index contributed by atoms with van der Waals surface area (Å²) in [5, 5.41) is 5.25. The van der Waals surface area contributed by atoms with Gasteiger partial charge in [-0.05, 0) is 13.5 Å². The maximum atomic E-state index is 11.3. The van der Waals surface area contributed by atoms with Gasteiger partial charge in [0.05, 0.1) is 0 Å². The summed E-state index contributed by atoms with van der Waals surface area (Å²) >= 11 is 0. The van der Waals surface area contributed by atoms with Crippen molar-refractivity contribution in [2.75, 3.05) is 13.6 Å². The molecule has 0 radical (unpaired) electrons. The van der Waals surface area contributed by atoms with Crippen molar-refractivity contribution in [1.29, 1.82) is 0 Å². The lowest BCUT2D eigenvalue weighted by Crippen LogP contribution is -2.45. The Labute approximate surface area is 93.9 Å². The quantitative estimate of drug-likeness (QED) is 0.378. The number of nitrogens with two attached hydrogens (primary N) is 2. The van der Waals surface area contributed by atoms with Gasteiger partial charge in [-0.2, -0.15) is 0 Å². The predicted molar refractivity (Wildman–Crippen MR) is 58.1 cm³/mol. The molecule has 7 nitrogen and oxygen atoms in total. The van der Waals surface area contributed by atoms with Gasteiger partial charge in [0.25, 0.3) is 0 Å². The van der Waals surface area contributed by atoms with Crippen molar-refractivity contribution in [1.82, 2.24) is 10.6 Å². The highest BCUT2D eigenvalue weighted by Crippen LogP contribution is 1.96. The Kier molecular flexibility index (Phi) is 6.86. The maximum Gasteiger partial charge on any atom is 0.240 e. The summed E-state index contributed by atoms with van der Waals surface area (Å²) in [6.45, 7) is 0.507. The first-order valence-corrected chi connectivity index (χ1v) is 4.99. The van der Waals surface area contributed by atoms with Crippen LogP contribution in [0.2, 0.25) is 0 Å². The first kappa shape index (κ1) is 14.4. The van der Waals surface area contributed by atoms with E-state index < -0.39 is 17.9 Å². The topological polar surface area (TPSA) is 127 Å². The average Bonchev–Trinajstić information content (AvgIpc) is 2.20. The van der Waals surface area contributed by atoms with Crippen molar-refractivity contribution in [3.05, 3.63) is 0 Å². The summed E-state index contributed by atoms with van der Waals surface area (Å²) in [5.41, 5.74) is 10.0. The number of carbonyl (C=O) groups excluding carboxylic acids is 3. The van der Waals surface area contributed by atoms with E-state index in [-0.39, 0.29) is 25.2 Å². The van der Waals surface area contributed by atoms with Crippen LogP contribution in [0.1, 0.15) is 19.3 Å². The minimum Gasteiger partial charge on any atom is -0.370 e. The second kappa shape index (κ2) is 7.63. The lowest BCUT2D eigenvalue weighted by Gasteiger charge is -2.14. The van der Waals surface area contributed by atoms with Crippen LogP contribution in [-0.2, 0) is 14.4 Å². The van der Waals surface area contributed by atoms with Crippen LogP contribution in [0.4, 0.5) is 0 Å². The summed E-state index contributed by atoms with van der Waals surface area (Å²) in [4.78, 5) is 32.8. The molecule has 0 aliphatic carbocycles. The molecule has 0 fully saturated rings. The van der Waals surface area contributed by atoms with E-state index in [1.54, 1.807) is 7.05 Å². The molecule has 1 atom stereocenters. The second-order valence-corrected chi connectivity index (χ2v) is 3.38. The molecule has 3 amide bonds. The molecule has 1 unspecified atom stereocenters. The van der Waals surface area contributed by atoms with Crippen LogP contribution in [0, 0.1) is 0 Å². The summed E-state index contributed by atoms with van der Waals surface area (Å²) in [7, 11) is 1.71. The van der Waals surface area contributed by atoms with Crippen LogP contribution in [0.25, 0.3) is 0 Å². The SMILES string of the molecule is CNCCC(=O)NC(CCC(N)=O)C(N)=O. The predicted octanol–water partition coefficient (Wildman–Crippen LogP) is -2.17. The molecule has 0 aliphatic rings. The Balaban J connectivity index is 4.07. The van der Waals surface area contributed by atoms with Gasteiger partial charge in [0.2, 0.25) is 17.7 Å². The Morgan fingerprint density at radius 2 is 1.81 bits per heavy atom. The average molecular weight is 230 g/mol. The lowest BCUT2D eigenvalue weighted by molar-refractivity contribution is -0.128. The zero-order valence-electron chi connectivity index (χ0n) is 9.29. The van der Waals surface area contributed by atoms with Gasteiger partial charge in [-0.15, -0.1) is 0 Å². The molecule has 0 rings (SSSR count). The van der Waals surface area contributed by atoms with Crippen molar-refractivity contribution in [2.24, 2.45) is 11.5 Å². The first-order chi connectivity index (χ1) is 7.47. The van der Waals surface area contributed by atoms with Crippen molar-refractivity contribution in [3.8, 4) is 0 Å². The van der Waals surface area contributed by atoms with E-state index in [0.717, 1.165) is 0 Å². The Morgan fingerprint density at radius 1 is 1.19 bits per heavy atom. The molecule has 0 saturated heterocycles. The number of primary amides is 2. The van der Waals surface area contributed by atoms with Crippen LogP contribution >= 0.6 is 0 Å². The van der Waals surface area contributed by atoms with E-state index in [2.05, 4.69) is 10.6 Å². The van der Waals surface area contributed by atoms with Crippen LogP contribution in [0.5, 0.6) is 0 Å². The summed E-state index contributed by atoms with van der Waals surface area (Å²) in [6, 6.07) is -0.836. The smallest absolute Gasteiger partial charge is 0.240 e. The Hall–Kier alpha value is -1.63. The van der Waals surface area contributed by atoms with Crippen LogP contribution < -0.4 is 22.1 Å². The summed E-state index contributed by atoms with van der Waals surface area (Å²) in [5.74, 6) is -1.49. The van der Waals surface area contributed by atoms with Crippen molar-refractivity contribution < 1.29 is 14.4 Å². The van der Waals surface area contributed by atoms with E-state index in [4.69, 9.17) is 11.5 Å². The molecule has 0 aromatic rings. The fourth-order valence-electron chi connectivity index (χ4n) is 1.08. The van der Waals surface area contributed by atoms with Gasteiger partial charge in [0.1, 0.15) is 6.04 Å². The summed E-state index contributed by atoms with van der Waals surface area (Å²) in [6.07, 6.45) is 0.396. The lowest BCUT2D eigenvalue weighted by atomic mass is 10.1. The zero-order chi connectivity index (χ0) is 12.6. The molecular weight excluding hydrogens is 212 g/mol. The molecule has 0 aromatic heterocycles. The second-order valence-electron chi connectivity index (χ2n) is 3.38. The van der Waals surface area contributed by atoms with E-state index in [1.165, 1.54) is 0 Å². The molecule has 0 bridgehead atoms. The Bertz CT molecular complexity index is 267. The van der Waals surface area contributed by atoms with Crippen LogP contribution in [-0.4, -0.2) is 37.4 Å². The van der Waals surface area contributed by atoms with Crippen molar-refractivity contribution in [3.63, 3.8) is 0 Å². The summed E-state index contributed by atoms with van der Waals surface area (Å²) < 4.78 is 0.